The van der Waals surface area contributed by atoms with Crippen LogP contribution in [0.15, 0.2) is 0 Å². The van der Waals surface area contributed by atoms with Gasteiger partial charge in [0.15, 0.2) is 0 Å². The molecular formula is HCsNaO4P. The first-order chi connectivity index (χ1) is 2.00. The molecule has 0 bridgehead atoms. The molecule has 0 amide bonds. The van der Waals surface area contributed by atoms with Crippen molar-refractivity contribution in [2.75, 3.05) is 0 Å². The predicted octanol–water partition coefficient (Wildman–Crippen LogP) is -8.18. The molecule has 0 radical (unpaired) electrons. The number of hydrogen-bond acceptors (Lipinski definition) is 3. The fraction of sp³-hybridized carbons (Fsp3) is 0. The van der Waals surface area contributed by atoms with E-state index in [0.717, 1.165) is 0 Å². The minimum absolute atomic E-state index is 0. The van der Waals surface area contributed by atoms with Crippen LogP contribution in [0.5, 0.6) is 0 Å². The second-order valence-corrected chi connectivity index (χ2v) is 1.41. The Labute approximate surface area is 122 Å². The van der Waals surface area contributed by atoms with Crippen LogP contribution in [0.1, 0.15) is 0 Å². The van der Waals surface area contributed by atoms with Gasteiger partial charge in [-0.25, -0.2) is 0 Å². The van der Waals surface area contributed by atoms with Crippen LogP contribution in [-0.2, 0) is 4.57 Å². The van der Waals surface area contributed by atoms with Crippen LogP contribution in [0.3, 0.4) is 0 Å². The van der Waals surface area contributed by atoms with Gasteiger partial charge in [0.05, 0.1) is 7.82 Å². The van der Waals surface area contributed by atoms with Crippen molar-refractivity contribution in [3.8, 4) is 0 Å². The summed E-state index contributed by atoms with van der Waals surface area (Å²) < 4.78 is 8.66. The molecule has 0 heterocycles. The molecule has 0 saturated carbocycles. The summed E-state index contributed by atoms with van der Waals surface area (Å²) >= 11 is 0. The maximum absolute atomic E-state index is 8.66. The van der Waals surface area contributed by atoms with E-state index in [-0.39, 0.29) is 98.5 Å². The molecule has 0 aromatic rings. The van der Waals surface area contributed by atoms with E-state index in [0.29, 0.717) is 0 Å². The molecule has 0 aromatic carbocycles. The zero-order chi connectivity index (χ0) is 4.50. The van der Waals surface area contributed by atoms with Gasteiger partial charge in [-0.1, -0.05) is 0 Å². The van der Waals surface area contributed by atoms with E-state index < -0.39 is 7.82 Å². The summed E-state index contributed by atoms with van der Waals surface area (Å²) in [6, 6.07) is 0. The quantitative estimate of drug-likeness (QED) is 0.343. The maximum Gasteiger partial charge on any atom is 1.00 e. The van der Waals surface area contributed by atoms with Gasteiger partial charge in [0, 0.05) is 0 Å². The number of rotatable bonds is 0. The molecule has 0 unspecified atom stereocenters. The topological polar surface area (TPSA) is 83.4 Å². The third-order valence-corrected chi connectivity index (χ3v) is 0. The summed E-state index contributed by atoms with van der Waals surface area (Å²) in [7, 11) is -5.14. The van der Waals surface area contributed by atoms with Crippen LogP contribution in [0, 0.1) is 0 Å². The van der Waals surface area contributed by atoms with Gasteiger partial charge < -0.3 is 19.2 Å². The number of hydrogen-bond donors (Lipinski definition) is 1. The fourth-order valence-corrected chi connectivity index (χ4v) is 0. The molecule has 7 heavy (non-hydrogen) atoms. The number of phosphoric acid groups is 1. The first-order valence-corrected chi connectivity index (χ1v) is 2.24. The summed E-state index contributed by atoms with van der Waals surface area (Å²) in [6.07, 6.45) is 0. The summed E-state index contributed by atoms with van der Waals surface area (Å²) in [5.41, 5.74) is 0. The van der Waals surface area contributed by atoms with Gasteiger partial charge in [-0.15, -0.1) is 0 Å². The van der Waals surface area contributed by atoms with Crippen LogP contribution < -0.4 is 108 Å². The molecule has 0 saturated heterocycles. The van der Waals surface area contributed by atoms with Gasteiger partial charge in [-0.05, 0) is 0 Å². The molecule has 0 spiro atoms. The second kappa shape index (κ2) is 7.27. The van der Waals surface area contributed by atoms with Gasteiger partial charge >= 0.3 is 98.5 Å². The monoisotopic (exact) mass is 252 g/mol. The van der Waals surface area contributed by atoms with Crippen molar-refractivity contribution < 1.29 is 118 Å². The van der Waals surface area contributed by atoms with Crippen molar-refractivity contribution in [1.29, 1.82) is 0 Å². The van der Waals surface area contributed by atoms with E-state index in [9.17, 15) is 0 Å². The zero-order valence-corrected chi connectivity index (χ0v) is 13.3. The molecule has 0 aliphatic heterocycles. The van der Waals surface area contributed by atoms with Crippen LogP contribution >= 0.6 is 7.82 Å². The van der Waals surface area contributed by atoms with Gasteiger partial charge in [0.2, 0.25) is 0 Å². The Balaban J connectivity index is -0.0000000800. The zero-order valence-electron chi connectivity index (χ0n) is 4.12. The molecule has 7 heteroatoms. The molecule has 0 rings (SSSR count). The Bertz CT molecular complexity index is 57.8. The first-order valence-electron chi connectivity index (χ1n) is 0.748. The van der Waals surface area contributed by atoms with Gasteiger partial charge in [0.25, 0.3) is 0 Å². The van der Waals surface area contributed by atoms with E-state index in [1.165, 1.54) is 0 Å². The van der Waals surface area contributed by atoms with Gasteiger partial charge in [-0.2, -0.15) is 0 Å². The van der Waals surface area contributed by atoms with E-state index in [1.807, 2.05) is 0 Å². The first kappa shape index (κ1) is 16.6. The van der Waals surface area contributed by atoms with Crippen LogP contribution in [-0.4, -0.2) is 4.89 Å². The molecule has 1 N–H and O–H groups in total. The minimum atomic E-state index is -5.14. The standard InChI is InChI=1S/Cs.Na.H3O4P/c;;1-5(2,3)4/h;;(H3,1,2,3,4)/q2*+1;/p-2. The fourth-order valence-electron chi connectivity index (χ4n) is 0. The SMILES string of the molecule is O=P([O-])([O-])O.[Cs+].[Na+]. The third-order valence-electron chi connectivity index (χ3n) is 0. The average Bonchev–Trinajstić information content (AvgIpc) is 0.722. The Morgan fingerprint density at radius 2 is 1.43 bits per heavy atom. The summed E-state index contributed by atoms with van der Waals surface area (Å²) in [4.78, 5) is 24.3. The van der Waals surface area contributed by atoms with E-state index >= 15 is 0 Å². The van der Waals surface area contributed by atoms with Crippen LogP contribution in [0.4, 0.5) is 0 Å². The summed E-state index contributed by atoms with van der Waals surface area (Å²) in [5, 5.41) is 0. The molecule has 4 nitrogen and oxygen atoms in total. The Morgan fingerprint density at radius 3 is 1.43 bits per heavy atom. The molecule has 0 aliphatic carbocycles. The Morgan fingerprint density at radius 1 is 1.43 bits per heavy atom. The third kappa shape index (κ3) is 47.0. The van der Waals surface area contributed by atoms with Crippen molar-refractivity contribution in [3.05, 3.63) is 0 Å². The van der Waals surface area contributed by atoms with Crippen molar-refractivity contribution >= 4 is 7.82 Å². The van der Waals surface area contributed by atoms with Crippen molar-refractivity contribution in [2.24, 2.45) is 0 Å². The van der Waals surface area contributed by atoms with Crippen molar-refractivity contribution in [1.82, 2.24) is 0 Å². The van der Waals surface area contributed by atoms with Gasteiger partial charge in [0.1, 0.15) is 0 Å². The van der Waals surface area contributed by atoms with E-state index in [2.05, 4.69) is 0 Å². The average molecular weight is 252 g/mol. The summed E-state index contributed by atoms with van der Waals surface area (Å²) in [5.74, 6) is 0. The van der Waals surface area contributed by atoms with Crippen molar-refractivity contribution in [2.45, 2.75) is 0 Å². The maximum atomic E-state index is 8.66. The molecule has 32 valence electrons. The molecule has 0 fully saturated rings. The van der Waals surface area contributed by atoms with E-state index in [4.69, 9.17) is 19.2 Å². The normalized spacial score (nSPS) is 8.43. The smallest absolute Gasteiger partial charge is 0.790 e. The van der Waals surface area contributed by atoms with Crippen LogP contribution in [0.2, 0.25) is 0 Å². The largest absolute Gasteiger partial charge is 1.00 e. The second-order valence-electron chi connectivity index (χ2n) is 0.469. The molecular weight excluding hydrogens is 251 g/mol. The summed E-state index contributed by atoms with van der Waals surface area (Å²) in [6.45, 7) is 0. The molecule has 0 atom stereocenters. The minimum Gasteiger partial charge on any atom is -0.790 e. The Hall–Kier alpha value is 3.16. The van der Waals surface area contributed by atoms with Crippen LogP contribution in [0.25, 0.3) is 0 Å². The molecule has 0 aromatic heterocycles. The van der Waals surface area contributed by atoms with Crippen molar-refractivity contribution in [3.63, 3.8) is 0 Å². The predicted molar refractivity (Wildman–Crippen MR) is 9.83 cm³/mol. The van der Waals surface area contributed by atoms with Gasteiger partial charge in [-0.3, -0.25) is 0 Å². The Kier molecular flexibility index (Phi) is 17.3. The molecule has 0 aliphatic rings. The van der Waals surface area contributed by atoms with E-state index in [1.54, 1.807) is 0 Å².